The lowest BCUT2D eigenvalue weighted by Gasteiger charge is -2.31. The van der Waals surface area contributed by atoms with Gasteiger partial charge in [-0.2, -0.15) is 0 Å². The van der Waals surface area contributed by atoms with Gasteiger partial charge in [0.25, 0.3) is 0 Å². The lowest BCUT2D eigenvalue weighted by Crippen LogP contribution is -2.43. The van der Waals surface area contributed by atoms with Gasteiger partial charge in [-0.1, -0.05) is 59.6 Å². The van der Waals surface area contributed by atoms with Crippen LogP contribution in [0.2, 0.25) is 10.0 Å². The number of hydrogen-bond donors (Lipinski definition) is 1. The number of aryl methyl sites for hydroxylation is 1. The van der Waals surface area contributed by atoms with E-state index in [-0.39, 0.29) is 17.7 Å². The maximum Gasteiger partial charge on any atom is 0.223 e. The predicted octanol–water partition coefficient (Wildman–Crippen LogP) is 4.48. The molecule has 2 amide bonds. The predicted molar refractivity (Wildman–Crippen MR) is 112 cm³/mol. The van der Waals surface area contributed by atoms with E-state index < -0.39 is 0 Å². The van der Waals surface area contributed by atoms with Crippen molar-refractivity contribution in [2.24, 2.45) is 5.92 Å². The summed E-state index contributed by atoms with van der Waals surface area (Å²) in [4.78, 5) is 26.8. The summed E-state index contributed by atoms with van der Waals surface area (Å²) in [6.45, 7) is 1.64. The van der Waals surface area contributed by atoms with E-state index in [0.717, 1.165) is 12.0 Å². The highest BCUT2D eigenvalue weighted by molar-refractivity contribution is 6.35. The van der Waals surface area contributed by atoms with E-state index in [9.17, 15) is 9.59 Å². The molecule has 0 saturated carbocycles. The second-order valence-electron chi connectivity index (χ2n) is 7.09. The molecular weight excluding hydrogens is 395 g/mol. The summed E-state index contributed by atoms with van der Waals surface area (Å²) in [7, 11) is 0. The Labute approximate surface area is 175 Å². The van der Waals surface area contributed by atoms with Gasteiger partial charge in [-0.05, 0) is 42.5 Å². The molecule has 0 aromatic heterocycles. The minimum absolute atomic E-state index is 0.0161. The van der Waals surface area contributed by atoms with Crippen LogP contribution in [0.4, 0.5) is 0 Å². The van der Waals surface area contributed by atoms with Crippen molar-refractivity contribution >= 4 is 35.0 Å². The summed E-state index contributed by atoms with van der Waals surface area (Å²) in [6, 6.07) is 15.3. The number of amides is 2. The van der Waals surface area contributed by atoms with Gasteiger partial charge in [0.15, 0.2) is 0 Å². The van der Waals surface area contributed by atoms with Crippen molar-refractivity contribution in [3.63, 3.8) is 0 Å². The third kappa shape index (κ3) is 5.73. The van der Waals surface area contributed by atoms with Gasteiger partial charge in [0.2, 0.25) is 11.8 Å². The summed E-state index contributed by atoms with van der Waals surface area (Å²) >= 11 is 12.0. The molecule has 28 heavy (non-hydrogen) atoms. The average molecular weight is 419 g/mol. The van der Waals surface area contributed by atoms with Crippen LogP contribution in [0.15, 0.2) is 48.5 Å². The summed E-state index contributed by atoms with van der Waals surface area (Å²) < 4.78 is 0. The van der Waals surface area contributed by atoms with Crippen molar-refractivity contribution in [2.45, 2.75) is 32.2 Å². The second-order valence-corrected chi connectivity index (χ2v) is 7.94. The first-order chi connectivity index (χ1) is 13.5. The van der Waals surface area contributed by atoms with E-state index in [4.69, 9.17) is 23.2 Å². The lowest BCUT2D eigenvalue weighted by molar-refractivity contribution is -0.135. The molecule has 1 heterocycles. The van der Waals surface area contributed by atoms with Gasteiger partial charge in [-0.3, -0.25) is 9.59 Å². The Morgan fingerprint density at radius 3 is 2.43 bits per heavy atom. The van der Waals surface area contributed by atoms with E-state index in [1.54, 1.807) is 12.1 Å². The molecule has 2 aromatic carbocycles. The second kappa shape index (κ2) is 9.94. The zero-order valence-electron chi connectivity index (χ0n) is 15.7. The smallest absolute Gasteiger partial charge is 0.223 e. The molecule has 1 N–H and O–H groups in total. The Balaban J connectivity index is 1.41. The quantitative estimate of drug-likeness (QED) is 0.751. The van der Waals surface area contributed by atoms with Crippen molar-refractivity contribution in [3.05, 3.63) is 69.7 Å². The number of benzene rings is 2. The number of likely N-dealkylation sites (tertiary alicyclic amines) is 1. The Morgan fingerprint density at radius 2 is 1.75 bits per heavy atom. The Hall–Kier alpha value is -2.04. The molecular formula is C22H24Cl2N2O2. The molecule has 0 spiro atoms. The molecule has 1 saturated heterocycles. The topological polar surface area (TPSA) is 49.4 Å². The average Bonchev–Trinajstić information content (AvgIpc) is 2.72. The number of carbonyl (C=O) groups excluding carboxylic acids is 2. The van der Waals surface area contributed by atoms with Crippen LogP contribution in [0.5, 0.6) is 0 Å². The molecule has 6 heteroatoms. The van der Waals surface area contributed by atoms with Crippen LogP contribution in [-0.2, 0) is 22.6 Å². The van der Waals surface area contributed by atoms with Gasteiger partial charge in [0, 0.05) is 42.0 Å². The maximum atomic E-state index is 12.5. The van der Waals surface area contributed by atoms with Crippen LogP contribution in [0.1, 0.15) is 30.4 Å². The molecule has 0 aliphatic carbocycles. The van der Waals surface area contributed by atoms with Gasteiger partial charge in [0.05, 0.1) is 0 Å². The van der Waals surface area contributed by atoms with Crippen LogP contribution in [-0.4, -0.2) is 29.8 Å². The van der Waals surface area contributed by atoms with Crippen LogP contribution in [0, 0.1) is 5.92 Å². The molecule has 4 nitrogen and oxygen atoms in total. The number of halogens is 2. The maximum absolute atomic E-state index is 12.5. The number of carbonyl (C=O) groups is 2. The standard InChI is InChI=1S/C22H24Cl2N2O2/c23-19-8-7-18(20(24)14-19)15-25-22(28)17-10-12-26(13-11-17)21(27)9-6-16-4-2-1-3-5-16/h1-5,7-8,14,17H,6,9-13,15H2,(H,25,28). The third-order valence-corrected chi connectivity index (χ3v) is 5.74. The normalized spacial score (nSPS) is 14.7. The fraction of sp³-hybridized carbons (Fsp3) is 0.364. The van der Waals surface area contributed by atoms with Gasteiger partial charge in [-0.25, -0.2) is 0 Å². The van der Waals surface area contributed by atoms with Gasteiger partial charge >= 0.3 is 0 Å². The summed E-state index contributed by atoms with van der Waals surface area (Å²) in [5, 5.41) is 4.07. The van der Waals surface area contributed by atoms with Gasteiger partial charge in [-0.15, -0.1) is 0 Å². The molecule has 2 aromatic rings. The first-order valence-electron chi connectivity index (χ1n) is 9.56. The highest BCUT2D eigenvalue weighted by atomic mass is 35.5. The molecule has 3 rings (SSSR count). The number of piperidine rings is 1. The SMILES string of the molecule is O=C(NCc1ccc(Cl)cc1Cl)C1CCN(C(=O)CCc2ccccc2)CC1. The van der Waals surface area contributed by atoms with E-state index >= 15 is 0 Å². The molecule has 0 atom stereocenters. The van der Waals surface area contributed by atoms with Crippen LogP contribution in [0.3, 0.4) is 0 Å². The molecule has 1 aliphatic heterocycles. The van der Waals surface area contributed by atoms with Crippen LogP contribution >= 0.6 is 23.2 Å². The first kappa shape index (κ1) is 20.7. The number of rotatable bonds is 6. The van der Waals surface area contributed by atoms with Crippen molar-refractivity contribution in [2.75, 3.05) is 13.1 Å². The molecule has 1 fully saturated rings. The fourth-order valence-electron chi connectivity index (χ4n) is 3.44. The van der Waals surface area contributed by atoms with Gasteiger partial charge in [0.1, 0.15) is 0 Å². The highest BCUT2D eigenvalue weighted by Gasteiger charge is 2.27. The monoisotopic (exact) mass is 418 g/mol. The summed E-state index contributed by atoms with van der Waals surface area (Å²) in [5.74, 6) is 0.113. The van der Waals surface area contributed by atoms with Crippen molar-refractivity contribution in [3.8, 4) is 0 Å². The lowest BCUT2D eigenvalue weighted by atomic mass is 9.95. The van der Waals surface area contributed by atoms with Gasteiger partial charge < -0.3 is 10.2 Å². The highest BCUT2D eigenvalue weighted by Crippen LogP contribution is 2.22. The first-order valence-corrected chi connectivity index (χ1v) is 10.3. The molecule has 1 aliphatic rings. The van der Waals surface area contributed by atoms with Crippen molar-refractivity contribution in [1.29, 1.82) is 0 Å². The van der Waals surface area contributed by atoms with Crippen LogP contribution in [0.25, 0.3) is 0 Å². The zero-order valence-corrected chi connectivity index (χ0v) is 17.2. The molecule has 0 unspecified atom stereocenters. The number of hydrogen-bond acceptors (Lipinski definition) is 2. The zero-order chi connectivity index (χ0) is 19.9. The summed E-state index contributed by atoms with van der Waals surface area (Å²) in [5.41, 5.74) is 2.01. The molecule has 0 bridgehead atoms. The van der Waals surface area contributed by atoms with E-state index in [1.807, 2.05) is 41.3 Å². The fourth-order valence-corrected chi connectivity index (χ4v) is 3.91. The Bertz CT molecular complexity index is 819. The Kier molecular flexibility index (Phi) is 7.35. The van der Waals surface area contributed by atoms with Crippen LogP contribution < -0.4 is 5.32 Å². The molecule has 0 radical (unpaired) electrons. The third-order valence-electron chi connectivity index (χ3n) is 5.16. The number of nitrogens with zero attached hydrogens (tertiary/aromatic N) is 1. The van der Waals surface area contributed by atoms with E-state index in [0.29, 0.717) is 48.9 Å². The molecule has 148 valence electrons. The van der Waals surface area contributed by atoms with Crippen molar-refractivity contribution < 1.29 is 9.59 Å². The minimum Gasteiger partial charge on any atom is -0.352 e. The van der Waals surface area contributed by atoms with E-state index in [2.05, 4.69) is 5.32 Å². The van der Waals surface area contributed by atoms with E-state index in [1.165, 1.54) is 5.56 Å². The van der Waals surface area contributed by atoms with Crippen molar-refractivity contribution in [1.82, 2.24) is 10.2 Å². The summed E-state index contributed by atoms with van der Waals surface area (Å²) in [6.07, 6.45) is 2.65. The Morgan fingerprint density at radius 1 is 1.04 bits per heavy atom. The number of nitrogens with one attached hydrogen (secondary N) is 1. The minimum atomic E-state index is -0.0655. The largest absolute Gasteiger partial charge is 0.352 e.